The number of carboxylic acid groups (broad SMARTS) is 1. The Bertz CT molecular complexity index is 553. The van der Waals surface area contributed by atoms with E-state index in [4.69, 9.17) is 5.11 Å². The first-order valence-electron chi connectivity index (χ1n) is 6.88. The number of nitrogens with one attached hydrogen (secondary N) is 1. The van der Waals surface area contributed by atoms with Crippen LogP contribution in [0.2, 0.25) is 0 Å². The molecule has 4 nitrogen and oxygen atoms in total. The third kappa shape index (κ3) is 3.10. The Labute approximate surface area is 121 Å². The summed E-state index contributed by atoms with van der Waals surface area (Å²) in [4.78, 5) is 23.5. The molecule has 0 bridgehead atoms. The predicted octanol–water partition coefficient (Wildman–Crippen LogP) is 2.51. The second-order valence-electron chi connectivity index (χ2n) is 5.66. The first kappa shape index (κ1) is 13.4. The Morgan fingerprint density at radius 2 is 2.10 bits per heavy atom. The van der Waals surface area contributed by atoms with Crippen molar-refractivity contribution in [3.05, 3.63) is 28.0 Å². The SMILES string of the molecule is O=C(O)/C=C/c1csc(CNC(=O)C2CC3CC3C2)c1. The lowest BCUT2D eigenvalue weighted by atomic mass is 10.0. The summed E-state index contributed by atoms with van der Waals surface area (Å²) < 4.78 is 0. The molecule has 2 aliphatic carbocycles. The number of carboxylic acids is 1. The van der Waals surface area contributed by atoms with Crippen LogP contribution in [0.5, 0.6) is 0 Å². The largest absolute Gasteiger partial charge is 0.478 e. The third-order valence-corrected chi connectivity index (χ3v) is 5.10. The summed E-state index contributed by atoms with van der Waals surface area (Å²) in [5.74, 6) is 1.07. The molecule has 5 heteroatoms. The van der Waals surface area contributed by atoms with Crippen molar-refractivity contribution in [1.29, 1.82) is 0 Å². The molecule has 2 saturated carbocycles. The van der Waals surface area contributed by atoms with E-state index >= 15 is 0 Å². The first-order chi connectivity index (χ1) is 9.61. The zero-order chi connectivity index (χ0) is 14.1. The Hall–Kier alpha value is -1.62. The second-order valence-corrected chi connectivity index (χ2v) is 6.66. The number of carbonyl (C=O) groups is 2. The van der Waals surface area contributed by atoms with Gasteiger partial charge < -0.3 is 10.4 Å². The number of thiophene rings is 1. The van der Waals surface area contributed by atoms with Gasteiger partial charge in [-0.15, -0.1) is 11.3 Å². The number of aliphatic carboxylic acids is 1. The highest BCUT2D eigenvalue weighted by molar-refractivity contribution is 7.10. The van der Waals surface area contributed by atoms with E-state index in [1.165, 1.54) is 17.8 Å². The summed E-state index contributed by atoms with van der Waals surface area (Å²) in [5, 5.41) is 13.4. The highest BCUT2D eigenvalue weighted by Gasteiger charge is 2.47. The first-order valence-corrected chi connectivity index (χ1v) is 7.76. The lowest BCUT2D eigenvalue weighted by Crippen LogP contribution is -2.29. The number of hydrogen-bond donors (Lipinski definition) is 2. The van der Waals surface area contributed by atoms with Crippen molar-refractivity contribution in [3.8, 4) is 0 Å². The average molecular weight is 291 g/mol. The number of amides is 1. The Balaban J connectivity index is 1.48. The van der Waals surface area contributed by atoms with Crippen LogP contribution in [-0.4, -0.2) is 17.0 Å². The van der Waals surface area contributed by atoms with Gasteiger partial charge in [-0.3, -0.25) is 4.79 Å². The second kappa shape index (κ2) is 5.40. The van der Waals surface area contributed by atoms with Gasteiger partial charge in [0.25, 0.3) is 0 Å². The minimum Gasteiger partial charge on any atom is -0.478 e. The van der Waals surface area contributed by atoms with Gasteiger partial charge in [0.2, 0.25) is 5.91 Å². The fraction of sp³-hybridized carbons (Fsp3) is 0.467. The molecule has 0 aromatic carbocycles. The quantitative estimate of drug-likeness (QED) is 0.819. The van der Waals surface area contributed by atoms with Gasteiger partial charge in [-0.25, -0.2) is 4.79 Å². The van der Waals surface area contributed by atoms with Gasteiger partial charge in [0, 0.05) is 16.9 Å². The molecule has 0 radical (unpaired) electrons. The van der Waals surface area contributed by atoms with Crippen LogP contribution in [0.1, 0.15) is 29.7 Å². The number of fused-ring (bicyclic) bond motifs is 1. The van der Waals surface area contributed by atoms with Crippen molar-refractivity contribution in [2.24, 2.45) is 17.8 Å². The maximum atomic E-state index is 12.0. The zero-order valence-electron chi connectivity index (χ0n) is 11.0. The zero-order valence-corrected chi connectivity index (χ0v) is 11.9. The Morgan fingerprint density at radius 1 is 1.35 bits per heavy atom. The summed E-state index contributed by atoms with van der Waals surface area (Å²) in [5.41, 5.74) is 0.865. The number of rotatable bonds is 5. The summed E-state index contributed by atoms with van der Waals surface area (Å²) in [6, 6.07) is 1.91. The van der Waals surface area contributed by atoms with Crippen LogP contribution in [0.15, 0.2) is 17.5 Å². The molecule has 2 N–H and O–H groups in total. The minimum atomic E-state index is -0.953. The van der Waals surface area contributed by atoms with Gasteiger partial charge in [0.05, 0.1) is 6.54 Å². The van der Waals surface area contributed by atoms with Gasteiger partial charge in [0.1, 0.15) is 0 Å². The van der Waals surface area contributed by atoms with Crippen molar-refractivity contribution in [3.63, 3.8) is 0 Å². The molecule has 20 heavy (non-hydrogen) atoms. The van der Waals surface area contributed by atoms with E-state index in [9.17, 15) is 9.59 Å². The summed E-state index contributed by atoms with van der Waals surface area (Å²) in [6.07, 6.45) is 6.14. The molecule has 1 aromatic heterocycles. The topological polar surface area (TPSA) is 66.4 Å². The van der Waals surface area contributed by atoms with E-state index < -0.39 is 5.97 Å². The fourth-order valence-electron chi connectivity index (χ4n) is 2.99. The lowest BCUT2D eigenvalue weighted by Gasteiger charge is -2.11. The van der Waals surface area contributed by atoms with Crippen LogP contribution in [0.4, 0.5) is 0 Å². The minimum absolute atomic E-state index is 0.174. The molecule has 0 saturated heterocycles. The Kier molecular flexibility index (Phi) is 3.61. The molecule has 0 aliphatic heterocycles. The predicted molar refractivity (Wildman–Crippen MR) is 77.2 cm³/mol. The summed E-state index contributed by atoms with van der Waals surface area (Å²) in [7, 11) is 0. The molecule has 1 heterocycles. The molecule has 2 atom stereocenters. The van der Waals surface area contributed by atoms with Gasteiger partial charge in [-0.2, -0.15) is 0 Å². The number of carbonyl (C=O) groups excluding carboxylic acids is 1. The molecule has 0 spiro atoms. The van der Waals surface area contributed by atoms with Crippen molar-refractivity contribution in [1.82, 2.24) is 5.32 Å². The molecule has 106 valence electrons. The monoisotopic (exact) mass is 291 g/mol. The molecular formula is C15H17NO3S. The molecule has 3 rings (SSSR count). The van der Waals surface area contributed by atoms with E-state index in [0.717, 1.165) is 41.2 Å². The van der Waals surface area contributed by atoms with Crippen LogP contribution >= 0.6 is 11.3 Å². The average Bonchev–Trinajstić information content (AvgIpc) is 2.87. The highest BCUT2D eigenvalue weighted by Crippen LogP contribution is 2.54. The van der Waals surface area contributed by atoms with Gasteiger partial charge in [-0.05, 0) is 54.2 Å². The van der Waals surface area contributed by atoms with Crippen LogP contribution in [0.25, 0.3) is 6.08 Å². The molecule has 2 unspecified atom stereocenters. The molecule has 1 amide bonds. The normalized spacial score (nSPS) is 27.5. The van der Waals surface area contributed by atoms with Crippen LogP contribution in [0.3, 0.4) is 0 Å². The van der Waals surface area contributed by atoms with E-state index in [0.29, 0.717) is 6.54 Å². The van der Waals surface area contributed by atoms with Gasteiger partial charge in [0.15, 0.2) is 0 Å². The lowest BCUT2D eigenvalue weighted by molar-refractivity contribution is -0.131. The van der Waals surface area contributed by atoms with Crippen LogP contribution < -0.4 is 5.32 Å². The van der Waals surface area contributed by atoms with Crippen molar-refractivity contribution >= 4 is 29.3 Å². The van der Waals surface area contributed by atoms with Crippen molar-refractivity contribution in [2.75, 3.05) is 0 Å². The van der Waals surface area contributed by atoms with Gasteiger partial charge >= 0.3 is 5.97 Å². The standard InChI is InChI=1S/C15H17NO3S/c17-14(18)2-1-9-3-13(20-8-9)7-16-15(19)12-5-10-4-11(10)6-12/h1-3,8,10-12H,4-7H2,(H,16,19)(H,17,18)/b2-1+. The molecule has 2 aliphatic rings. The Morgan fingerprint density at radius 3 is 2.80 bits per heavy atom. The van der Waals surface area contributed by atoms with E-state index in [1.54, 1.807) is 6.08 Å². The molecule has 2 fully saturated rings. The van der Waals surface area contributed by atoms with E-state index in [1.807, 2.05) is 11.4 Å². The smallest absolute Gasteiger partial charge is 0.328 e. The number of hydrogen-bond acceptors (Lipinski definition) is 3. The van der Waals surface area contributed by atoms with Crippen molar-refractivity contribution in [2.45, 2.75) is 25.8 Å². The van der Waals surface area contributed by atoms with Crippen molar-refractivity contribution < 1.29 is 14.7 Å². The third-order valence-electron chi connectivity index (χ3n) is 4.14. The molecular weight excluding hydrogens is 274 g/mol. The van der Waals surface area contributed by atoms with E-state index in [2.05, 4.69) is 5.32 Å². The van der Waals surface area contributed by atoms with Crippen LogP contribution in [-0.2, 0) is 16.1 Å². The summed E-state index contributed by atoms with van der Waals surface area (Å²) in [6.45, 7) is 0.538. The summed E-state index contributed by atoms with van der Waals surface area (Å²) >= 11 is 1.54. The van der Waals surface area contributed by atoms with E-state index in [-0.39, 0.29) is 11.8 Å². The maximum absolute atomic E-state index is 12.0. The highest BCUT2D eigenvalue weighted by atomic mass is 32.1. The van der Waals surface area contributed by atoms with Crippen LogP contribution in [0, 0.1) is 17.8 Å². The molecule has 1 aromatic rings. The maximum Gasteiger partial charge on any atom is 0.328 e. The fourth-order valence-corrected chi connectivity index (χ4v) is 3.79. The van der Waals surface area contributed by atoms with Gasteiger partial charge in [-0.1, -0.05) is 0 Å².